The van der Waals surface area contributed by atoms with Crippen LogP contribution in [0.2, 0.25) is 0 Å². The highest BCUT2D eigenvalue weighted by molar-refractivity contribution is 7.09. The molecule has 1 saturated heterocycles. The van der Waals surface area contributed by atoms with Crippen molar-refractivity contribution in [1.29, 1.82) is 0 Å². The highest BCUT2D eigenvalue weighted by atomic mass is 32.1. The van der Waals surface area contributed by atoms with Crippen LogP contribution in [0.25, 0.3) is 0 Å². The zero-order valence-electron chi connectivity index (χ0n) is 8.78. The van der Waals surface area contributed by atoms with Gasteiger partial charge in [-0.05, 0) is 31.8 Å². The summed E-state index contributed by atoms with van der Waals surface area (Å²) in [5.41, 5.74) is 0. The Morgan fingerprint density at radius 3 is 3.29 bits per heavy atom. The largest absolute Gasteiger partial charge is 0.303 e. The van der Waals surface area contributed by atoms with E-state index in [1.165, 1.54) is 43.9 Å². The van der Waals surface area contributed by atoms with Gasteiger partial charge in [0.2, 0.25) is 0 Å². The number of aromatic nitrogens is 1. The van der Waals surface area contributed by atoms with Crippen molar-refractivity contribution in [2.45, 2.75) is 26.2 Å². The molecule has 1 aliphatic heterocycles. The molecule has 2 nitrogen and oxygen atoms in total. The minimum atomic E-state index is 0.854. The molecule has 3 heteroatoms. The van der Waals surface area contributed by atoms with Crippen molar-refractivity contribution in [2.75, 3.05) is 19.6 Å². The lowest BCUT2D eigenvalue weighted by molar-refractivity contribution is 0.324. The molecule has 0 spiro atoms. The van der Waals surface area contributed by atoms with Gasteiger partial charge in [0.25, 0.3) is 0 Å². The first-order valence-corrected chi connectivity index (χ1v) is 6.37. The number of hydrogen-bond acceptors (Lipinski definition) is 3. The molecular weight excluding hydrogens is 192 g/mol. The van der Waals surface area contributed by atoms with Gasteiger partial charge in [-0.15, -0.1) is 11.3 Å². The summed E-state index contributed by atoms with van der Waals surface area (Å²) in [6, 6.07) is 0. The van der Waals surface area contributed by atoms with E-state index in [1.54, 1.807) is 11.3 Å². The Hall–Kier alpha value is -0.410. The van der Waals surface area contributed by atoms with E-state index in [9.17, 15) is 0 Å². The first-order chi connectivity index (χ1) is 6.88. The quantitative estimate of drug-likeness (QED) is 0.758. The van der Waals surface area contributed by atoms with Crippen molar-refractivity contribution in [1.82, 2.24) is 9.88 Å². The first kappa shape index (κ1) is 10.1. The summed E-state index contributed by atoms with van der Waals surface area (Å²) in [4.78, 5) is 6.93. The zero-order chi connectivity index (χ0) is 9.80. The van der Waals surface area contributed by atoms with Crippen LogP contribution in [0.1, 0.15) is 24.8 Å². The second-order valence-corrected chi connectivity index (χ2v) is 5.06. The molecule has 0 aromatic carbocycles. The molecule has 0 N–H and O–H groups in total. The van der Waals surface area contributed by atoms with E-state index in [-0.39, 0.29) is 0 Å². The van der Waals surface area contributed by atoms with E-state index < -0.39 is 0 Å². The first-order valence-electron chi connectivity index (χ1n) is 5.49. The number of rotatable bonds is 4. The minimum Gasteiger partial charge on any atom is -0.303 e. The van der Waals surface area contributed by atoms with Gasteiger partial charge in [0, 0.05) is 24.5 Å². The average molecular weight is 210 g/mol. The van der Waals surface area contributed by atoms with Crippen molar-refractivity contribution in [3.8, 4) is 0 Å². The third-order valence-electron chi connectivity index (χ3n) is 2.86. The Balaban J connectivity index is 1.79. The van der Waals surface area contributed by atoms with Crippen LogP contribution < -0.4 is 0 Å². The van der Waals surface area contributed by atoms with Crippen LogP contribution in [0.15, 0.2) is 11.6 Å². The van der Waals surface area contributed by atoms with Crippen LogP contribution in [0.5, 0.6) is 0 Å². The van der Waals surface area contributed by atoms with Crippen LogP contribution in [-0.2, 0) is 6.42 Å². The molecule has 1 aromatic heterocycles. The van der Waals surface area contributed by atoms with Gasteiger partial charge >= 0.3 is 0 Å². The third kappa shape index (κ3) is 2.55. The highest BCUT2D eigenvalue weighted by Gasteiger charge is 2.22. The maximum atomic E-state index is 4.35. The molecule has 2 rings (SSSR count). The summed E-state index contributed by atoms with van der Waals surface area (Å²) < 4.78 is 0. The molecule has 0 saturated carbocycles. The Bertz CT molecular complexity index is 258. The summed E-state index contributed by atoms with van der Waals surface area (Å²) in [6.45, 7) is 6.11. The van der Waals surface area contributed by atoms with E-state index in [0.29, 0.717) is 0 Å². The number of nitrogens with zero attached hydrogens (tertiary/aromatic N) is 2. The predicted molar refractivity (Wildman–Crippen MR) is 60.7 cm³/mol. The number of likely N-dealkylation sites (tertiary alicyclic amines) is 1. The Morgan fingerprint density at radius 2 is 2.57 bits per heavy atom. The van der Waals surface area contributed by atoms with Gasteiger partial charge < -0.3 is 4.90 Å². The number of hydrogen-bond donors (Lipinski definition) is 0. The zero-order valence-corrected chi connectivity index (χ0v) is 9.59. The van der Waals surface area contributed by atoms with Gasteiger partial charge in [0.05, 0.1) is 5.01 Å². The fraction of sp³-hybridized carbons (Fsp3) is 0.727. The maximum Gasteiger partial charge on any atom is 0.0928 e. The van der Waals surface area contributed by atoms with E-state index >= 15 is 0 Å². The molecule has 0 bridgehead atoms. The Kier molecular flexibility index (Phi) is 3.54. The van der Waals surface area contributed by atoms with Crippen molar-refractivity contribution >= 4 is 11.3 Å². The molecule has 0 amide bonds. The van der Waals surface area contributed by atoms with Crippen molar-refractivity contribution < 1.29 is 0 Å². The second-order valence-electron chi connectivity index (χ2n) is 4.09. The third-order valence-corrected chi connectivity index (χ3v) is 3.66. The van der Waals surface area contributed by atoms with E-state index in [4.69, 9.17) is 0 Å². The molecule has 14 heavy (non-hydrogen) atoms. The molecule has 78 valence electrons. The fourth-order valence-electron chi connectivity index (χ4n) is 2.20. The summed E-state index contributed by atoms with van der Waals surface area (Å²) in [5, 5.41) is 3.39. The van der Waals surface area contributed by atoms with Crippen LogP contribution in [0.4, 0.5) is 0 Å². The molecule has 1 atom stereocenters. The number of thiazole rings is 1. The lowest BCUT2D eigenvalue weighted by atomic mass is 10.1. The highest BCUT2D eigenvalue weighted by Crippen LogP contribution is 2.21. The van der Waals surface area contributed by atoms with Gasteiger partial charge in [-0.2, -0.15) is 0 Å². The molecule has 0 radical (unpaired) electrons. The predicted octanol–water partition coefficient (Wildman–Crippen LogP) is 2.42. The average Bonchev–Trinajstić information content (AvgIpc) is 2.79. The summed E-state index contributed by atoms with van der Waals surface area (Å²) in [5.74, 6) is 0.854. The van der Waals surface area contributed by atoms with Gasteiger partial charge in [0.1, 0.15) is 0 Å². The monoisotopic (exact) mass is 210 g/mol. The molecule has 1 fully saturated rings. The molecule has 2 heterocycles. The molecular formula is C11H18N2S. The molecule has 1 aliphatic rings. The lowest BCUT2D eigenvalue weighted by Gasteiger charge is -2.13. The van der Waals surface area contributed by atoms with Gasteiger partial charge in [-0.3, -0.25) is 0 Å². The van der Waals surface area contributed by atoms with Crippen LogP contribution in [0.3, 0.4) is 0 Å². The SMILES string of the molecule is CCCN1CC[C@@H](Cc2nccs2)C1. The minimum absolute atomic E-state index is 0.854. The molecule has 0 aliphatic carbocycles. The van der Waals surface area contributed by atoms with E-state index in [2.05, 4.69) is 22.2 Å². The normalized spacial score (nSPS) is 23.1. The van der Waals surface area contributed by atoms with Gasteiger partial charge in [-0.1, -0.05) is 6.92 Å². The Labute approximate surface area is 90.0 Å². The standard InChI is InChI=1S/C11H18N2S/c1-2-5-13-6-3-10(9-13)8-11-12-4-7-14-11/h4,7,10H,2-3,5-6,8-9H2,1H3/t10-/m0/s1. The second kappa shape index (κ2) is 4.89. The van der Waals surface area contributed by atoms with Crippen LogP contribution in [0, 0.1) is 5.92 Å². The van der Waals surface area contributed by atoms with Crippen molar-refractivity contribution in [3.05, 3.63) is 16.6 Å². The van der Waals surface area contributed by atoms with Crippen molar-refractivity contribution in [3.63, 3.8) is 0 Å². The summed E-state index contributed by atoms with van der Waals surface area (Å²) in [6.07, 6.45) is 5.75. The van der Waals surface area contributed by atoms with Crippen molar-refractivity contribution in [2.24, 2.45) is 5.92 Å². The van der Waals surface area contributed by atoms with Crippen LogP contribution >= 0.6 is 11.3 Å². The lowest BCUT2D eigenvalue weighted by Crippen LogP contribution is -2.21. The van der Waals surface area contributed by atoms with E-state index in [1.807, 2.05) is 6.20 Å². The fourth-order valence-corrected chi connectivity index (χ4v) is 2.93. The molecule has 0 unspecified atom stereocenters. The summed E-state index contributed by atoms with van der Waals surface area (Å²) in [7, 11) is 0. The van der Waals surface area contributed by atoms with Crippen LogP contribution in [-0.4, -0.2) is 29.5 Å². The maximum absolute atomic E-state index is 4.35. The Morgan fingerprint density at radius 1 is 1.64 bits per heavy atom. The van der Waals surface area contributed by atoms with Gasteiger partial charge in [0.15, 0.2) is 0 Å². The smallest absolute Gasteiger partial charge is 0.0928 e. The van der Waals surface area contributed by atoms with Gasteiger partial charge in [-0.25, -0.2) is 4.98 Å². The topological polar surface area (TPSA) is 16.1 Å². The summed E-state index contributed by atoms with van der Waals surface area (Å²) >= 11 is 1.79. The van der Waals surface area contributed by atoms with E-state index in [0.717, 1.165) is 5.92 Å². The molecule has 1 aromatic rings.